The first-order valence-electron chi connectivity index (χ1n) is 5.23. The summed E-state index contributed by atoms with van der Waals surface area (Å²) < 4.78 is 0. The van der Waals surface area contributed by atoms with Crippen molar-refractivity contribution in [2.24, 2.45) is 0 Å². The Bertz CT molecular complexity index is 500. The van der Waals surface area contributed by atoms with Crippen LogP contribution in [0.1, 0.15) is 25.6 Å². The summed E-state index contributed by atoms with van der Waals surface area (Å²) in [6.07, 6.45) is 4.98. The third-order valence-corrected chi connectivity index (χ3v) is 2.84. The third-order valence-electron chi connectivity index (χ3n) is 2.00. The minimum Gasteiger partial charge on any atom is -0.384 e. The molecule has 0 amide bonds. The van der Waals surface area contributed by atoms with Gasteiger partial charge in [-0.3, -0.25) is 4.98 Å². The van der Waals surface area contributed by atoms with Crippen LogP contribution < -0.4 is 5.73 Å². The molecule has 2 heterocycles. The number of aromatic nitrogens is 4. The third kappa shape index (κ3) is 3.13. The van der Waals surface area contributed by atoms with Gasteiger partial charge in [0.05, 0.1) is 6.20 Å². The van der Waals surface area contributed by atoms with Gasteiger partial charge in [-0.1, -0.05) is 13.8 Å². The zero-order chi connectivity index (χ0) is 12.3. The predicted octanol–water partition coefficient (Wildman–Crippen LogP) is 2.12. The fraction of sp³-hybridized carbons (Fsp3) is 0.273. The van der Waals surface area contributed by atoms with Gasteiger partial charge in [0.25, 0.3) is 0 Å². The lowest BCUT2D eigenvalue weighted by Gasteiger charge is -2.07. The van der Waals surface area contributed by atoms with Crippen molar-refractivity contribution in [1.29, 1.82) is 0 Å². The topological polar surface area (TPSA) is 77.6 Å². The smallest absolute Gasteiger partial charge is 0.134 e. The Hall–Kier alpha value is -1.69. The van der Waals surface area contributed by atoms with E-state index in [0.717, 1.165) is 15.9 Å². The average Bonchev–Trinajstić information content (AvgIpc) is 2.29. The lowest BCUT2D eigenvalue weighted by molar-refractivity contribution is 0.756. The second-order valence-electron chi connectivity index (χ2n) is 3.79. The maximum atomic E-state index is 5.75. The highest BCUT2D eigenvalue weighted by atomic mass is 32.2. The molecule has 0 spiro atoms. The van der Waals surface area contributed by atoms with Crippen molar-refractivity contribution in [3.8, 4) is 0 Å². The number of nitrogen functional groups attached to an aromatic ring is 1. The second-order valence-corrected chi connectivity index (χ2v) is 4.83. The summed E-state index contributed by atoms with van der Waals surface area (Å²) in [6.45, 7) is 4.07. The molecule has 0 fully saturated rings. The quantitative estimate of drug-likeness (QED) is 0.837. The molecule has 2 aromatic rings. The molecule has 0 unspecified atom stereocenters. The molecule has 0 saturated carbocycles. The molecular formula is C11H13N5S. The van der Waals surface area contributed by atoms with Crippen molar-refractivity contribution in [3.63, 3.8) is 0 Å². The molecule has 2 aromatic heterocycles. The highest BCUT2D eigenvalue weighted by molar-refractivity contribution is 7.99. The zero-order valence-electron chi connectivity index (χ0n) is 9.66. The summed E-state index contributed by atoms with van der Waals surface area (Å²) in [4.78, 5) is 16.8. The van der Waals surface area contributed by atoms with Crippen LogP contribution in [-0.2, 0) is 0 Å². The number of nitrogens with two attached hydrogens (primary N) is 1. The number of rotatable bonds is 3. The minimum absolute atomic E-state index is 0.250. The van der Waals surface area contributed by atoms with Gasteiger partial charge in [0.15, 0.2) is 0 Å². The molecule has 0 aromatic carbocycles. The van der Waals surface area contributed by atoms with E-state index in [1.54, 1.807) is 24.7 Å². The van der Waals surface area contributed by atoms with E-state index in [-0.39, 0.29) is 5.92 Å². The van der Waals surface area contributed by atoms with E-state index in [1.165, 1.54) is 11.8 Å². The standard InChI is InChI=1S/C11H13N5S/c1-7(2)11-15-8(12)5-9(16-11)17-10-6-13-3-4-14-10/h3-7H,1-2H3,(H2,12,15,16). The van der Waals surface area contributed by atoms with Crippen LogP contribution in [0.4, 0.5) is 5.82 Å². The molecule has 2 N–H and O–H groups in total. The van der Waals surface area contributed by atoms with E-state index in [1.807, 2.05) is 13.8 Å². The van der Waals surface area contributed by atoms with Gasteiger partial charge in [0, 0.05) is 24.4 Å². The van der Waals surface area contributed by atoms with Crippen LogP contribution in [0.15, 0.2) is 34.7 Å². The molecule has 0 aliphatic rings. The first kappa shape index (κ1) is 11.8. The highest BCUT2D eigenvalue weighted by Gasteiger charge is 2.08. The summed E-state index contributed by atoms with van der Waals surface area (Å²) in [5.74, 6) is 1.48. The Balaban J connectivity index is 2.27. The predicted molar refractivity (Wildman–Crippen MR) is 66.7 cm³/mol. The van der Waals surface area contributed by atoms with E-state index in [4.69, 9.17) is 5.73 Å². The van der Waals surface area contributed by atoms with Crippen molar-refractivity contribution in [1.82, 2.24) is 19.9 Å². The van der Waals surface area contributed by atoms with E-state index in [0.29, 0.717) is 5.82 Å². The SMILES string of the molecule is CC(C)c1nc(N)cc(Sc2cnccn2)n1. The molecule has 88 valence electrons. The minimum atomic E-state index is 0.250. The Morgan fingerprint density at radius 2 is 2.00 bits per heavy atom. The maximum absolute atomic E-state index is 5.75. The molecule has 5 nitrogen and oxygen atoms in total. The molecule has 6 heteroatoms. The summed E-state index contributed by atoms with van der Waals surface area (Å²) in [5, 5.41) is 1.59. The zero-order valence-corrected chi connectivity index (χ0v) is 10.5. The molecule has 2 rings (SSSR count). The fourth-order valence-electron chi connectivity index (χ4n) is 1.22. The van der Waals surface area contributed by atoms with Gasteiger partial charge < -0.3 is 5.73 Å². The lowest BCUT2D eigenvalue weighted by Crippen LogP contribution is -2.02. The van der Waals surface area contributed by atoms with Crippen LogP contribution in [0.2, 0.25) is 0 Å². The Morgan fingerprint density at radius 1 is 1.18 bits per heavy atom. The molecule has 0 aliphatic carbocycles. The van der Waals surface area contributed by atoms with Crippen LogP contribution in [0, 0.1) is 0 Å². The molecule has 0 bridgehead atoms. The van der Waals surface area contributed by atoms with Gasteiger partial charge in [-0.15, -0.1) is 0 Å². The van der Waals surface area contributed by atoms with Crippen molar-refractivity contribution in [2.75, 3.05) is 5.73 Å². The molecule has 0 radical (unpaired) electrons. The van der Waals surface area contributed by atoms with Gasteiger partial charge in [-0.05, 0) is 11.8 Å². The van der Waals surface area contributed by atoms with Crippen molar-refractivity contribution in [2.45, 2.75) is 29.8 Å². The van der Waals surface area contributed by atoms with E-state index in [9.17, 15) is 0 Å². The van der Waals surface area contributed by atoms with Crippen LogP contribution in [0.5, 0.6) is 0 Å². The Labute approximate surface area is 104 Å². The maximum Gasteiger partial charge on any atom is 0.134 e. The van der Waals surface area contributed by atoms with Gasteiger partial charge in [-0.25, -0.2) is 15.0 Å². The van der Waals surface area contributed by atoms with Crippen molar-refractivity contribution >= 4 is 17.6 Å². The monoisotopic (exact) mass is 247 g/mol. The largest absolute Gasteiger partial charge is 0.384 e. The van der Waals surface area contributed by atoms with Gasteiger partial charge in [0.2, 0.25) is 0 Å². The van der Waals surface area contributed by atoms with Crippen LogP contribution in [-0.4, -0.2) is 19.9 Å². The first-order valence-corrected chi connectivity index (χ1v) is 6.05. The second kappa shape index (κ2) is 5.09. The van der Waals surface area contributed by atoms with E-state index < -0.39 is 0 Å². The Morgan fingerprint density at radius 3 is 2.65 bits per heavy atom. The highest BCUT2D eigenvalue weighted by Crippen LogP contribution is 2.25. The van der Waals surface area contributed by atoms with Gasteiger partial charge in [0.1, 0.15) is 21.7 Å². The van der Waals surface area contributed by atoms with Crippen molar-refractivity contribution < 1.29 is 0 Å². The number of hydrogen-bond donors (Lipinski definition) is 1. The first-order chi connectivity index (χ1) is 8.15. The Kier molecular flexibility index (Phi) is 3.53. The van der Waals surface area contributed by atoms with E-state index in [2.05, 4.69) is 19.9 Å². The number of hydrogen-bond acceptors (Lipinski definition) is 6. The summed E-state index contributed by atoms with van der Waals surface area (Å²) in [7, 11) is 0. The lowest BCUT2D eigenvalue weighted by atomic mass is 10.2. The number of anilines is 1. The molecular weight excluding hydrogens is 234 g/mol. The van der Waals surface area contributed by atoms with Gasteiger partial charge in [-0.2, -0.15) is 0 Å². The normalized spacial score (nSPS) is 10.8. The molecule has 17 heavy (non-hydrogen) atoms. The molecule has 0 aliphatic heterocycles. The molecule has 0 saturated heterocycles. The van der Waals surface area contributed by atoms with Crippen LogP contribution >= 0.6 is 11.8 Å². The molecule has 0 atom stereocenters. The average molecular weight is 247 g/mol. The van der Waals surface area contributed by atoms with Crippen molar-refractivity contribution in [3.05, 3.63) is 30.5 Å². The van der Waals surface area contributed by atoms with Gasteiger partial charge >= 0.3 is 0 Å². The fourth-order valence-corrected chi connectivity index (χ4v) is 1.98. The van der Waals surface area contributed by atoms with Crippen LogP contribution in [0.3, 0.4) is 0 Å². The van der Waals surface area contributed by atoms with Crippen LogP contribution in [0.25, 0.3) is 0 Å². The summed E-state index contributed by atoms with van der Waals surface area (Å²) >= 11 is 1.43. The number of nitrogens with zero attached hydrogens (tertiary/aromatic N) is 4. The van der Waals surface area contributed by atoms with E-state index >= 15 is 0 Å². The summed E-state index contributed by atoms with van der Waals surface area (Å²) in [5.41, 5.74) is 5.75. The summed E-state index contributed by atoms with van der Waals surface area (Å²) in [6, 6.07) is 1.74.